The Morgan fingerprint density at radius 3 is 2.48 bits per heavy atom. The summed E-state index contributed by atoms with van der Waals surface area (Å²) in [6, 6.07) is 8.81. The Morgan fingerprint density at radius 2 is 1.90 bits per heavy atom. The van der Waals surface area contributed by atoms with Gasteiger partial charge in [0.25, 0.3) is 0 Å². The molecule has 0 aliphatic rings. The van der Waals surface area contributed by atoms with Gasteiger partial charge in [0.05, 0.1) is 12.7 Å². The number of phenols is 1. The van der Waals surface area contributed by atoms with Crippen LogP contribution in [0.4, 0.5) is 0 Å². The molecule has 2 aromatic rings. The maximum Gasteiger partial charge on any atom is 0.170 e. The summed E-state index contributed by atoms with van der Waals surface area (Å²) in [6.45, 7) is 3.72. The normalized spacial score (nSPS) is 11.0. The molecular weight excluding hydrogens is 266 g/mol. The van der Waals surface area contributed by atoms with E-state index in [1.807, 2.05) is 19.9 Å². The highest BCUT2D eigenvalue weighted by atomic mass is 16.5. The van der Waals surface area contributed by atoms with E-state index in [9.17, 15) is 10.4 Å². The predicted octanol–water partition coefficient (Wildman–Crippen LogP) is 2.87. The monoisotopic (exact) mass is 281 g/mol. The Balaban J connectivity index is 2.48. The highest BCUT2D eigenvalue weighted by molar-refractivity contribution is 5.87. The van der Waals surface area contributed by atoms with E-state index < -0.39 is 0 Å². The summed E-state index contributed by atoms with van der Waals surface area (Å²) in [4.78, 5) is 8.56. The van der Waals surface area contributed by atoms with Crippen LogP contribution in [0.1, 0.15) is 22.8 Å². The van der Waals surface area contributed by atoms with E-state index >= 15 is 0 Å². The maximum atomic E-state index is 9.58. The van der Waals surface area contributed by atoms with Crippen molar-refractivity contribution in [2.75, 3.05) is 7.11 Å². The first-order valence-corrected chi connectivity index (χ1v) is 6.35. The quantitative estimate of drug-likeness (QED) is 0.875. The van der Waals surface area contributed by atoms with E-state index in [-0.39, 0.29) is 5.75 Å². The minimum atomic E-state index is 0.0517. The van der Waals surface area contributed by atoms with Crippen molar-refractivity contribution in [1.29, 1.82) is 5.26 Å². The second kappa shape index (κ2) is 6.06. The number of aromatic hydroxyl groups is 1. The first-order valence-electron chi connectivity index (χ1n) is 6.35. The first kappa shape index (κ1) is 14.5. The number of rotatable bonds is 3. The Labute approximate surface area is 123 Å². The lowest BCUT2D eigenvalue weighted by atomic mass is 10.1. The van der Waals surface area contributed by atoms with Gasteiger partial charge in [-0.3, -0.25) is 0 Å². The maximum absolute atomic E-state index is 9.58. The van der Waals surface area contributed by atoms with Gasteiger partial charge in [-0.15, -0.1) is 0 Å². The molecule has 1 aromatic heterocycles. The fourth-order valence-corrected chi connectivity index (χ4v) is 1.94. The number of methoxy groups -OCH3 is 1. The van der Waals surface area contributed by atoms with Gasteiger partial charge >= 0.3 is 0 Å². The molecule has 0 fully saturated rings. The molecule has 1 heterocycles. The Morgan fingerprint density at radius 1 is 1.24 bits per heavy atom. The number of hydrogen-bond donors (Lipinski definition) is 1. The number of allylic oxidation sites excluding steroid dienone is 1. The zero-order chi connectivity index (χ0) is 15.4. The fourth-order valence-electron chi connectivity index (χ4n) is 1.94. The van der Waals surface area contributed by atoms with Gasteiger partial charge in [-0.05, 0) is 43.7 Å². The standard InChI is InChI=1S/C16H15N3O2/c1-10-6-11(2)19-16(18-10)13(9-17)7-12-4-5-14(20)15(8-12)21-3/h4-8,20H,1-3H3/b13-7+. The Hall–Kier alpha value is -2.87. The van der Waals surface area contributed by atoms with Gasteiger partial charge in [0.1, 0.15) is 6.07 Å². The van der Waals surface area contributed by atoms with Crippen LogP contribution < -0.4 is 4.74 Å². The third kappa shape index (κ3) is 3.37. The van der Waals surface area contributed by atoms with Gasteiger partial charge in [0, 0.05) is 11.4 Å². The minimum absolute atomic E-state index is 0.0517. The SMILES string of the molecule is COc1cc(/C=C(\C#N)c2nc(C)cc(C)n2)ccc1O. The molecule has 1 N–H and O–H groups in total. The summed E-state index contributed by atoms with van der Waals surface area (Å²) >= 11 is 0. The van der Waals surface area contributed by atoms with Crippen LogP contribution in [0.15, 0.2) is 24.3 Å². The predicted molar refractivity (Wildman–Crippen MR) is 79.6 cm³/mol. The van der Waals surface area contributed by atoms with Crippen molar-refractivity contribution in [3.63, 3.8) is 0 Å². The molecule has 2 rings (SSSR count). The van der Waals surface area contributed by atoms with E-state index in [1.54, 1.807) is 18.2 Å². The first-order chi connectivity index (χ1) is 10.0. The minimum Gasteiger partial charge on any atom is -0.504 e. The van der Waals surface area contributed by atoms with E-state index in [4.69, 9.17) is 4.74 Å². The number of hydrogen-bond acceptors (Lipinski definition) is 5. The van der Waals surface area contributed by atoms with Crippen LogP contribution >= 0.6 is 0 Å². The second-order valence-corrected chi connectivity index (χ2v) is 4.58. The van der Waals surface area contributed by atoms with Crippen LogP contribution in [0.5, 0.6) is 11.5 Å². The fraction of sp³-hybridized carbons (Fsp3) is 0.188. The van der Waals surface area contributed by atoms with Crippen LogP contribution in [0.2, 0.25) is 0 Å². The molecule has 5 nitrogen and oxygen atoms in total. The van der Waals surface area contributed by atoms with Crippen molar-refractivity contribution in [2.24, 2.45) is 0 Å². The highest BCUT2D eigenvalue weighted by Crippen LogP contribution is 2.28. The third-order valence-electron chi connectivity index (χ3n) is 2.86. The molecule has 0 unspecified atom stereocenters. The van der Waals surface area contributed by atoms with Crippen molar-refractivity contribution in [3.8, 4) is 17.6 Å². The van der Waals surface area contributed by atoms with Crippen LogP contribution in [-0.4, -0.2) is 22.2 Å². The Bertz CT molecular complexity index is 725. The molecule has 0 aliphatic heterocycles. The van der Waals surface area contributed by atoms with Crippen LogP contribution in [0, 0.1) is 25.2 Å². The number of nitriles is 1. The largest absolute Gasteiger partial charge is 0.504 e. The van der Waals surface area contributed by atoms with Gasteiger partial charge < -0.3 is 9.84 Å². The highest BCUT2D eigenvalue weighted by Gasteiger charge is 2.08. The number of aromatic nitrogens is 2. The number of ether oxygens (including phenoxy) is 1. The van der Waals surface area contributed by atoms with Crippen molar-refractivity contribution >= 4 is 11.6 Å². The lowest BCUT2D eigenvalue weighted by Gasteiger charge is -2.05. The van der Waals surface area contributed by atoms with Crippen LogP contribution in [-0.2, 0) is 0 Å². The zero-order valence-corrected chi connectivity index (χ0v) is 12.1. The number of benzene rings is 1. The molecule has 21 heavy (non-hydrogen) atoms. The number of aryl methyl sites for hydroxylation is 2. The van der Waals surface area contributed by atoms with Crippen molar-refractivity contribution in [2.45, 2.75) is 13.8 Å². The molecular formula is C16H15N3O2. The van der Waals surface area contributed by atoms with Gasteiger partial charge in [-0.2, -0.15) is 5.26 Å². The molecule has 5 heteroatoms. The molecule has 0 spiro atoms. The average molecular weight is 281 g/mol. The van der Waals surface area contributed by atoms with Crippen LogP contribution in [0.3, 0.4) is 0 Å². The van der Waals surface area contributed by atoms with Gasteiger partial charge in [-0.1, -0.05) is 6.07 Å². The summed E-state index contributed by atoms with van der Waals surface area (Å²) < 4.78 is 5.05. The molecule has 1 aromatic carbocycles. The molecule has 0 bridgehead atoms. The molecule has 0 amide bonds. The molecule has 106 valence electrons. The van der Waals surface area contributed by atoms with E-state index in [0.29, 0.717) is 17.1 Å². The van der Waals surface area contributed by atoms with E-state index in [2.05, 4.69) is 16.0 Å². The molecule has 0 aliphatic carbocycles. The molecule has 0 radical (unpaired) electrons. The molecule has 0 saturated heterocycles. The summed E-state index contributed by atoms with van der Waals surface area (Å²) in [5, 5.41) is 18.9. The zero-order valence-electron chi connectivity index (χ0n) is 12.1. The second-order valence-electron chi connectivity index (χ2n) is 4.58. The summed E-state index contributed by atoms with van der Waals surface area (Å²) in [7, 11) is 1.47. The topological polar surface area (TPSA) is 79.0 Å². The van der Waals surface area contributed by atoms with Gasteiger partial charge in [0.15, 0.2) is 17.3 Å². The van der Waals surface area contributed by atoms with Crippen LogP contribution in [0.25, 0.3) is 11.6 Å². The molecule has 0 saturated carbocycles. The van der Waals surface area contributed by atoms with Crippen molar-refractivity contribution < 1.29 is 9.84 Å². The number of phenolic OH excluding ortho intramolecular Hbond substituents is 1. The molecule has 0 atom stereocenters. The summed E-state index contributed by atoms with van der Waals surface area (Å²) in [5.74, 6) is 0.792. The lowest BCUT2D eigenvalue weighted by Crippen LogP contribution is -1.97. The van der Waals surface area contributed by atoms with E-state index in [1.165, 1.54) is 13.2 Å². The average Bonchev–Trinajstić information content (AvgIpc) is 2.45. The van der Waals surface area contributed by atoms with Gasteiger partial charge in [0.2, 0.25) is 0 Å². The summed E-state index contributed by atoms with van der Waals surface area (Å²) in [5.41, 5.74) is 2.70. The Kier molecular flexibility index (Phi) is 4.19. The van der Waals surface area contributed by atoms with Crippen molar-refractivity contribution in [3.05, 3.63) is 47.0 Å². The van der Waals surface area contributed by atoms with Crippen molar-refractivity contribution in [1.82, 2.24) is 9.97 Å². The third-order valence-corrected chi connectivity index (χ3v) is 2.86. The van der Waals surface area contributed by atoms with E-state index in [0.717, 1.165) is 17.0 Å². The summed E-state index contributed by atoms with van der Waals surface area (Å²) in [6.07, 6.45) is 1.66. The number of nitrogens with zero attached hydrogens (tertiary/aromatic N) is 3. The smallest absolute Gasteiger partial charge is 0.170 e. The van der Waals surface area contributed by atoms with Gasteiger partial charge in [-0.25, -0.2) is 9.97 Å². The lowest BCUT2D eigenvalue weighted by molar-refractivity contribution is 0.373.